The number of anilines is 1. The van der Waals surface area contributed by atoms with Gasteiger partial charge < -0.3 is 29.6 Å². The zero-order chi connectivity index (χ0) is 19.9. The number of piperidine rings is 1. The molecule has 0 unspecified atom stereocenters. The molecular weight excluding hydrogens is 360 g/mol. The molecule has 1 aliphatic rings. The van der Waals surface area contributed by atoms with Crippen LogP contribution in [0.15, 0.2) is 42.5 Å². The van der Waals surface area contributed by atoms with E-state index in [0.717, 1.165) is 5.56 Å². The predicted molar refractivity (Wildman–Crippen MR) is 106 cm³/mol. The number of hydrogen-bond acceptors (Lipinski definition) is 6. The Bertz CT molecular complexity index is 764. The summed E-state index contributed by atoms with van der Waals surface area (Å²) in [5.74, 6) is 1.59. The Morgan fingerprint density at radius 1 is 1.07 bits per heavy atom. The molecule has 1 aliphatic heterocycles. The summed E-state index contributed by atoms with van der Waals surface area (Å²) >= 11 is 0. The maximum absolute atomic E-state index is 12.3. The lowest BCUT2D eigenvalue weighted by atomic mass is 10.1. The van der Waals surface area contributed by atoms with Crippen molar-refractivity contribution >= 4 is 11.8 Å². The molecule has 7 heteroatoms. The molecule has 0 atom stereocenters. The molecule has 2 N–H and O–H groups in total. The number of nitrogen functional groups attached to an aromatic ring is 1. The second kappa shape index (κ2) is 9.21. The Kier molecular flexibility index (Phi) is 6.47. The van der Waals surface area contributed by atoms with Gasteiger partial charge in [-0.2, -0.15) is 0 Å². The molecule has 0 saturated carbocycles. The van der Waals surface area contributed by atoms with Crippen molar-refractivity contribution < 1.29 is 23.7 Å². The van der Waals surface area contributed by atoms with Gasteiger partial charge in [0.15, 0.2) is 11.5 Å². The molecule has 1 saturated heterocycles. The fourth-order valence-electron chi connectivity index (χ4n) is 3.15. The summed E-state index contributed by atoms with van der Waals surface area (Å²) in [6.45, 7) is 1.41. The van der Waals surface area contributed by atoms with E-state index in [1.165, 1.54) is 0 Å². The third-order valence-electron chi connectivity index (χ3n) is 4.67. The monoisotopic (exact) mass is 386 g/mol. The number of likely N-dealkylation sites (tertiary alicyclic amines) is 1. The lowest BCUT2D eigenvalue weighted by Crippen LogP contribution is -2.42. The molecule has 0 aromatic heterocycles. The van der Waals surface area contributed by atoms with Crippen molar-refractivity contribution in [2.75, 3.05) is 33.0 Å². The van der Waals surface area contributed by atoms with E-state index >= 15 is 0 Å². The molecule has 1 fully saturated rings. The van der Waals surface area contributed by atoms with Crippen LogP contribution in [0.25, 0.3) is 0 Å². The van der Waals surface area contributed by atoms with Gasteiger partial charge in [0.1, 0.15) is 12.7 Å². The number of carbonyl (C=O) groups is 1. The number of nitrogens with zero attached hydrogens (tertiary/aromatic N) is 1. The second-order valence-corrected chi connectivity index (χ2v) is 6.60. The molecule has 1 heterocycles. The molecule has 1 amide bonds. The summed E-state index contributed by atoms with van der Waals surface area (Å²) < 4.78 is 22.3. The molecule has 28 heavy (non-hydrogen) atoms. The van der Waals surface area contributed by atoms with Crippen molar-refractivity contribution in [2.45, 2.75) is 25.6 Å². The minimum atomic E-state index is -0.301. The highest BCUT2D eigenvalue weighted by atomic mass is 16.6. The number of nitrogens with two attached hydrogens (primary N) is 1. The van der Waals surface area contributed by atoms with E-state index in [4.69, 9.17) is 24.7 Å². The van der Waals surface area contributed by atoms with E-state index in [-0.39, 0.29) is 18.8 Å². The summed E-state index contributed by atoms with van der Waals surface area (Å²) in [5.41, 5.74) is 7.37. The number of carbonyl (C=O) groups excluding carboxylic acids is 1. The van der Waals surface area contributed by atoms with E-state index in [2.05, 4.69) is 0 Å². The number of hydrogen-bond donors (Lipinski definition) is 1. The molecule has 0 spiro atoms. The van der Waals surface area contributed by atoms with Crippen molar-refractivity contribution in [1.82, 2.24) is 4.90 Å². The first kappa shape index (κ1) is 19.7. The average molecular weight is 386 g/mol. The Balaban J connectivity index is 1.54. The summed E-state index contributed by atoms with van der Waals surface area (Å²) in [4.78, 5) is 14.0. The number of rotatable bonds is 6. The van der Waals surface area contributed by atoms with Crippen molar-refractivity contribution in [3.05, 3.63) is 48.0 Å². The van der Waals surface area contributed by atoms with Gasteiger partial charge in [-0.15, -0.1) is 0 Å². The topological polar surface area (TPSA) is 83.3 Å². The summed E-state index contributed by atoms with van der Waals surface area (Å²) in [6, 6.07) is 13.0. The highest BCUT2D eigenvalue weighted by Gasteiger charge is 2.27. The molecule has 7 nitrogen and oxygen atoms in total. The zero-order valence-electron chi connectivity index (χ0n) is 16.2. The van der Waals surface area contributed by atoms with Gasteiger partial charge in [0.05, 0.1) is 14.2 Å². The quantitative estimate of drug-likeness (QED) is 0.766. The van der Waals surface area contributed by atoms with Crippen LogP contribution in [-0.2, 0) is 11.3 Å². The van der Waals surface area contributed by atoms with E-state index in [0.29, 0.717) is 48.9 Å². The molecule has 150 valence electrons. The van der Waals surface area contributed by atoms with E-state index in [1.54, 1.807) is 31.3 Å². The number of ether oxygens (including phenoxy) is 4. The third kappa shape index (κ3) is 4.79. The van der Waals surface area contributed by atoms with Crippen molar-refractivity contribution in [1.29, 1.82) is 0 Å². The maximum atomic E-state index is 12.3. The Labute approximate surface area is 164 Å². The van der Waals surface area contributed by atoms with Gasteiger partial charge in [0, 0.05) is 43.8 Å². The highest BCUT2D eigenvalue weighted by molar-refractivity contribution is 5.67. The summed E-state index contributed by atoms with van der Waals surface area (Å²) in [7, 11) is 3.12. The fourth-order valence-corrected chi connectivity index (χ4v) is 3.15. The SMILES string of the molecule is COc1cc(N)cc(OC)c1OC1CCN(C(=O)OCc2ccccc2)CC1. The van der Waals surface area contributed by atoms with Gasteiger partial charge in [0.25, 0.3) is 0 Å². The molecule has 0 aliphatic carbocycles. The van der Waals surface area contributed by atoms with Gasteiger partial charge in [0.2, 0.25) is 5.75 Å². The first-order valence-electron chi connectivity index (χ1n) is 9.24. The van der Waals surface area contributed by atoms with Crippen LogP contribution in [0.4, 0.5) is 10.5 Å². The highest BCUT2D eigenvalue weighted by Crippen LogP contribution is 2.40. The third-order valence-corrected chi connectivity index (χ3v) is 4.67. The van der Waals surface area contributed by atoms with Gasteiger partial charge in [-0.05, 0) is 5.56 Å². The van der Waals surface area contributed by atoms with Gasteiger partial charge in [-0.3, -0.25) is 0 Å². The standard InChI is InChI=1S/C21H26N2O5/c1-25-18-12-16(22)13-19(26-2)20(18)28-17-8-10-23(11-9-17)21(24)27-14-15-6-4-3-5-7-15/h3-7,12-13,17H,8-11,14,22H2,1-2H3. The minimum Gasteiger partial charge on any atom is -0.493 e. The first-order valence-corrected chi connectivity index (χ1v) is 9.24. The van der Waals surface area contributed by atoms with Crippen LogP contribution < -0.4 is 19.9 Å². The van der Waals surface area contributed by atoms with Crippen LogP contribution in [0.2, 0.25) is 0 Å². The van der Waals surface area contributed by atoms with Crippen LogP contribution in [0.3, 0.4) is 0 Å². The molecule has 2 aromatic carbocycles. The van der Waals surface area contributed by atoms with Crippen molar-refractivity contribution in [3.8, 4) is 17.2 Å². The van der Waals surface area contributed by atoms with Crippen molar-refractivity contribution in [2.24, 2.45) is 0 Å². The Morgan fingerprint density at radius 3 is 2.25 bits per heavy atom. The van der Waals surface area contributed by atoms with E-state index in [1.807, 2.05) is 30.3 Å². The van der Waals surface area contributed by atoms with Gasteiger partial charge in [-0.1, -0.05) is 30.3 Å². The predicted octanol–water partition coefficient (Wildman–Crippen LogP) is 3.47. The maximum Gasteiger partial charge on any atom is 0.410 e. The smallest absolute Gasteiger partial charge is 0.410 e. The summed E-state index contributed by atoms with van der Waals surface area (Å²) in [6.07, 6.45) is 1.03. The Hall–Kier alpha value is -3.09. The molecule has 0 radical (unpaired) electrons. The van der Waals surface area contributed by atoms with Crippen LogP contribution in [0.1, 0.15) is 18.4 Å². The largest absolute Gasteiger partial charge is 0.493 e. The Morgan fingerprint density at radius 2 is 1.68 bits per heavy atom. The molecule has 3 rings (SSSR count). The zero-order valence-corrected chi connectivity index (χ0v) is 16.2. The van der Waals surface area contributed by atoms with Crippen molar-refractivity contribution in [3.63, 3.8) is 0 Å². The van der Waals surface area contributed by atoms with E-state index < -0.39 is 0 Å². The molecular formula is C21H26N2O5. The fraction of sp³-hybridized carbons (Fsp3) is 0.381. The second-order valence-electron chi connectivity index (χ2n) is 6.60. The van der Waals surface area contributed by atoms with Crippen LogP contribution in [0, 0.1) is 0 Å². The lowest BCUT2D eigenvalue weighted by molar-refractivity contribution is 0.0621. The lowest BCUT2D eigenvalue weighted by Gasteiger charge is -2.32. The minimum absolute atomic E-state index is 0.0513. The number of amides is 1. The van der Waals surface area contributed by atoms with Crippen LogP contribution >= 0.6 is 0 Å². The number of methoxy groups -OCH3 is 2. The molecule has 2 aromatic rings. The van der Waals surface area contributed by atoms with Gasteiger partial charge >= 0.3 is 6.09 Å². The van der Waals surface area contributed by atoms with E-state index in [9.17, 15) is 4.79 Å². The van der Waals surface area contributed by atoms with Gasteiger partial charge in [-0.25, -0.2) is 4.79 Å². The normalized spacial score (nSPS) is 14.4. The first-order chi connectivity index (χ1) is 13.6. The summed E-state index contributed by atoms with van der Waals surface area (Å²) in [5, 5.41) is 0. The average Bonchev–Trinajstić information content (AvgIpc) is 2.74. The number of benzene rings is 2. The molecule has 0 bridgehead atoms. The van der Waals surface area contributed by atoms with Crippen LogP contribution in [0.5, 0.6) is 17.2 Å². The van der Waals surface area contributed by atoms with Crippen LogP contribution in [-0.4, -0.2) is 44.4 Å².